The molecule has 0 radical (unpaired) electrons. The molecule has 152 valence electrons. The molecule has 0 aromatic heterocycles. The van der Waals surface area contributed by atoms with Gasteiger partial charge in [0.25, 0.3) is 5.91 Å². The highest BCUT2D eigenvalue weighted by atomic mass is 16.5. The maximum Gasteiger partial charge on any atom is 0.338 e. The first-order valence-electron chi connectivity index (χ1n) is 8.90. The Morgan fingerprint density at radius 3 is 2.43 bits per heavy atom. The highest BCUT2D eigenvalue weighted by Gasteiger charge is 2.12. The number of carbonyl (C=O) groups is 2. The Morgan fingerprint density at radius 1 is 1.10 bits per heavy atom. The van der Waals surface area contributed by atoms with E-state index in [1.807, 2.05) is 12.1 Å². The molecule has 0 spiro atoms. The fourth-order valence-corrected chi connectivity index (χ4v) is 2.42. The molecule has 0 atom stereocenters. The molecule has 0 bridgehead atoms. The number of carbonyl (C=O) groups excluding carboxylic acids is 2. The molecule has 30 heavy (non-hydrogen) atoms. The van der Waals surface area contributed by atoms with Gasteiger partial charge in [-0.2, -0.15) is 10.5 Å². The number of esters is 1. The number of amides is 1. The summed E-state index contributed by atoms with van der Waals surface area (Å²) in [4.78, 5) is 24.1. The number of rotatable bonds is 8. The van der Waals surface area contributed by atoms with Gasteiger partial charge in [-0.15, -0.1) is 0 Å². The van der Waals surface area contributed by atoms with E-state index in [0.717, 1.165) is 0 Å². The summed E-state index contributed by atoms with van der Waals surface area (Å²) in [6.45, 7) is 1.85. The topological polar surface area (TPSA) is 121 Å². The summed E-state index contributed by atoms with van der Waals surface area (Å²) in [7, 11) is 1.44. The first kappa shape index (κ1) is 22.0. The molecule has 2 aromatic rings. The van der Waals surface area contributed by atoms with Crippen molar-refractivity contribution in [3.05, 3.63) is 59.2 Å². The Balaban J connectivity index is 2.16. The van der Waals surface area contributed by atoms with Crippen molar-refractivity contribution >= 4 is 23.6 Å². The molecular formula is C22H19N3O5. The number of nitrogens with one attached hydrogen (secondary N) is 1. The van der Waals surface area contributed by atoms with Gasteiger partial charge in [-0.05, 0) is 55.0 Å². The molecule has 1 amide bonds. The number of nitrogens with zero attached hydrogens (tertiary/aromatic N) is 2. The largest absolute Gasteiger partial charge is 0.493 e. The Hall–Kier alpha value is -4.30. The van der Waals surface area contributed by atoms with Gasteiger partial charge in [0.2, 0.25) is 0 Å². The van der Waals surface area contributed by atoms with E-state index in [-0.39, 0.29) is 18.8 Å². The third-order valence-electron chi connectivity index (χ3n) is 3.81. The van der Waals surface area contributed by atoms with Crippen molar-refractivity contribution < 1.29 is 23.8 Å². The third kappa shape index (κ3) is 5.85. The lowest BCUT2D eigenvalue weighted by Gasteiger charge is -2.09. The lowest BCUT2D eigenvalue weighted by Crippen LogP contribution is -2.13. The van der Waals surface area contributed by atoms with Crippen molar-refractivity contribution in [2.45, 2.75) is 6.92 Å². The summed E-state index contributed by atoms with van der Waals surface area (Å²) in [5.41, 5.74) is 1.20. The first-order valence-corrected chi connectivity index (χ1v) is 8.90. The second kappa shape index (κ2) is 10.9. The van der Waals surface area contributed by atoms with Gasteiger partial charge in [0.1, 0.15) is 17.7 Å². The van der Waals surface area contributed by atoms with E-state index >= 15 is 0 Å². The van der Waals surface area contributed by atoms with E-state index in [1.54, 1.807) is 37.3 Å². The number of methoxy groups -OCH3 is 1. The number of benzene rings is 2. The molecule has 8 heteroatoms. The van der Waals surface area contributed by atoms with Crippen LogP contribution in [0.15, 0.2) is 48.0 Å². The van der Waals surface area contributed by atoms with Crippen LogP contribution in [0.1, 0.15) is 22.8 Å². The van der Waals surface area contributed by atoms with Gasteiger partial charge in [0.15, 0.2) is 18.1 Å². The molecule has 0 heterocycles. The van der Waals surface area contributed by atoms with Crippen LogP contribution in [-0.4, -0.2) is 32.2 Å². The molecule has 0 aliphatic carbocycles. The van der Waals surface area contributed by atoms with E-state index < -0.39 is 11.9 Å². The molecule has 8 nitrogen and oxygen atoms in total. The molecular weight excluding hydrogens is 386 g/mol. The van der Waals surface area contributed by atoms with Crippen LogP contribution in [-0.2, 0) is 9.53 Å². The molecule has 0 fully saturated rings. The molecule has 0 unspecified atom stereocenters. The second-order valence-corrected chi connectivity index (χ2v) is 5.78. The van der Waals surface area contributed by atoms with E-state index in [2.05, 4.69) is 5.32 Å². The van der Waals surface area contributed by atoms with Crippen LogP contribution in [0, 0.1) is 22.7 Å². The molecule has 0 saturated carbocycles. The molecule has 2 rings (SSSR count). The fraction of sp³-hybridized carbons (Fsp3) is 0.182. The highest BCUT2D eigenvalue weighted by molar-refractivity contribution is 6.09. The van der Waals surface area contributed by atoms with Gasteiger partial charge < -0.3 is 19.5 Å². The SMILES string of the molecule is CCOC(=O)c1ccc(NC(=O)/C(C#N)=C/c2ccc(OCC#N)c(OC)c2)cc1. The number of hydrogen-bond donors (Lipinski definition) is 1. The lowest BCUT2D eigenvalue weighted by molar-refractivity contribution is -0.112. The van der Waals surface area contributed by atoms with Crippen LogP contribution >= 0.6 is 0 Å². The molecule has 1 N–H and O–H groups in total. The van der Waals surface area contributed by atoms with Crippen molar-refractivity contribution in [2.24, 2.45) is 0 Å². The van der Waals surface area contributed by atoms with Crippen molar-refractivity contribution in [3.63, 3.8) is 0 Å². The summed E-state index contributed by atoms with van der Waals surface area (Å²) in [5, 5.41) is 20.6. The van der Waals surface area contributed by atoms with Gasteiger partial charge in [-0.3, -0.25) is 4.79 Å². The molecule has 0 aliphatic heterocycles. The van der Waals surface area contributed by atoms with Crippen molar-refractivity contribution in [3.8, 4) is 23.6 Å². The van der Waals surface area contributed by atoms with Gasteiger partial charge >= 0.3 is 5.97 Å². The predicted octanol–water partition coefficient (Wildman–Crippen LogP) is 3.32. The van der Waals surface area contributed by atoms with Crippen molar-refractivity contribution in [1.29, 1.82) is 10.5 Å². The van der Waals surface area contributed by atoms with E-state index in [4.69, 9.17) is 19.5 Å². The van der Waals surface area contributed by atoms with E-state index in [0.29, 0.717) is 28.3 Å². The number of nitriles is 2. The Morgan fingerprint density at radius 2 is 1.83 bits per heavy atom. The zero-order valence-electron chi connectivity index (χ0n) is 16.5. The third-order valence-corrected chi connectivity index (χ3v) is 3.81. The number of anilines is 1. The smallest absolute Gasteiger partial charge is 0.338 e. The summed E-state index contributed by atoms with van der Waals surface area (Å²) in [6, 6.07) is 14.7. The minimum absolute atomic E-state index is 0.128. The van der Waals surface area contributed by atoms with Gasteiger partial charge in [-0.25, -0.2) is 4.79 Å². The monoisotopic (exact) mass is 405 g/mol. The average Bonchev–Trinajstić information content (AvgIpc) is 2.76. The second-order valence-electron chi connectivity index (χ2n) is 5.78. The van der Waals surface area contributed by atoms with E-state index in [1.165, 1.54) is 25.3 Å². The Bertz CT molecular complexity index is 1030. The predicted molar refractivity (Wildman–Crippen MR) is 109 cm³/mol. The van der Waals surface area contributed by atoms with E-state index in [9.17, 15) is 14.9 Å². The number of ether oxygens (including phenoxy) is 3. The van der Waals surface area contributed by atoms with Crippen LogP contribution in [0.4, 0.5) is 5.69 Å². The van der Waals surface area contributed by atoms with Crippen LogP contribution in [0.3, 0.4) is 0 Å². The zero-order valence-corrected chi connectivity index (χ0v) is 16.5. The molecule has 0 saturated heterocycles. The summed E-state index contributed by atoms with van der Waals surface area (Å²) in [5.74, 6) is -0.318. The Labute approximate surface area is 173 Å². The average molecular weight is 405 g/mol. The van der Waals surface area contributed by atoms with Crippen molar-refractivity contribution in [2.75, 3.05) is 25.6 Å². The zero-order chi connectivity index (χ0) is 21.9. The normalized spacial score (nSPS) is 10.3. The summed E-state index contributed by atoms with van der Waals surface area (Å²) >= 11 is 0. The molecule has 2 aromatic carbocycles. The van der Waals surface area contributed by atoms with Crippen LogP contribution in [0.5, 0.6) is 11.5 Å². The standard InChI is InChI=1S/C22H19N3O5/c1-3-29-22(27)16-5-7-18(8-6-16)25-21(26)17(14-24)12-15-4-9-19(30-11-10-23)20(13-15)28-2/h4-9,12-13H,3,11H2,1-2H3,(H,25,26)/b17-12+. The molecule has 0 aliphatic rings. The van der Waals surface area contributed by atoms with Crippen molar-refractivity contribution in [1.82, 2.24) is 0 Å². The van der Waals surface area contributed by atoms with Gasteiger partial charge in [-0.1, -0.05) is 6.07 Å². The lowest BCUT2D eigenvalue weighted by atomic mass is 10.1. The van der Waals surface area contributed by atoms with Crippen LogP contribution in [0.25, 0.3) is 6.08 Å². The number of hydrogen-bond acceptors (Lipinski definition) is 7. The van der Waals surface area contributed by atoms with Gasteiger partial charge in [0, 0.05) is 5.69 Å². The Kier molecular flexibility index (Phi) is 7.98. The van der Waals surface area contributed by atoms with Gasteiger partial charge in [0.05, 0.1) is 19.3 Å². The maximum atomic E-state index is 12.4. The summed E-state index contributed by atoms with van der Waals surface area (Å²) < 4.78 is 15.4. The fourth-order valence-electron chi connectivity index (χ4n) is 2.42. The quantitative estimate of drug-likeness (QED) is 0.406. The summed E-state index contributed by atoms with van der Waals surface area (Å²) in [6.07, 6.45) is 1.40. The van der Waals surface area contributed by atoms with Crippen LogP contribution in [0.2, 0.25) is 0 Å². The maximum absolute atomic E-state index is 12.4. The van der Waals surface area contributed by atoms with Crippen LogP contribution < -0.4 is 14.8 Å². The minimum atomic E-state index is -0.606. The minimum Gasteiger partial charge on any atom is -0.493 e. The highest BCUT2D eigenvalue weighted by Crippen LogP contribution is 2.29. The first-order chi connectivity index (χ1) is 14.5.